The molecule has 1 aliphatic heterocycles. The number of hydrogen-bond donors (Lipinski definition) is 1. The third-order valence-corrected chi connectivity index (χ3v) is 3.27. The van der Waals surface area contributed by atoms with Crippen LogP contribution in [-0.2, 0) is 9.53 Å². The number of aromatic nitrogens is 1. The average molecular weight is 264 g/mol. The van der Waals surface area contributed by atoms with Crippen molar-refractivity contribution in [2.24, 2.45) is 5.92 Å². The molecule has 6 heteroatoms. The molecule has 1 aliphatic rings. The standard InChI is InChI=1S/C13H16N2O4/c1-19-13(18)10-3-2-6-15(8-10)12(17)9-4-5-14-11(16)7-9/h4-5,7,10H,2-3,6,8H2,1H3,(H,14,16)/t10-/m0/s1. The van der Waals surface area contributed by atoms with Crippen LogP contribution >= 0.6 is 0 Å². The lowest BCUT2D eigenvalue weighted by Crippen LogP contribution is -2.42. The van der Waals surface area contributed by atoms with Crippen molar-refractivity contribution in [3.63, 3.8) is 0 Å². The van der Waals surface area contributed by atoms with E-state index in [1.807, 2.05) is 0 Å². The maximum atomic E-state index is 12.2. The predicted octanol–water partition coefficient (Wildman–Crippen LogP) is 0.400. The first-order chi connectivity index (χ1) is 9.11. The molecule has 0 bridgehead atoms. The number of likely N-dealkylation sites (tertiary alicyclic amines) is 1. The number of pyridine rings is 1. The molecule has 2 rings (SSSR count). The van der Waals surface area contributed by atoms with Gasteiger partial charge in [0.1, 0.15) is 0 Å². The molecule has 102 valence electrons. The predicted molar refractivity (Wildman–Crippen MR) is 67.7 cm³/mol. The molecule has 1 saturated heterocycles. The molecule has 1 aromatic heterocycles. The van der Waals surface area contributed by atoms with E-state index in [2.05, 4.69) is 4.98 Å². The van der Waals surface area contributed by atoms with Gasteiger partial charge >= 0.3 is 5.97 Å². The van der Waals surface area contributed by atoms with Crippen molar-refractivity contribution < 1.29 is 14.3 Å². The number of nitrogens with zero attached hydrogens (tertiary/aromatic N) is 1. The molecule has 0 saturated carbocycles. The number of H-pyrrole nitrogens is 1. The van der Waals surface area contributed by atoms with Gasteiger partial charge in [0.15, 0.2) is 0 Å². The maximum Gasteiger partial charge on any atom is 0.310 e. The molecule has 2 heterocycles. The van der Waals surface area contributed by atoms with Gasteiger partial charge in [-0.15, -0.1) is 0 Å². The first-order valence-corrected chi connectivity index (χ1v) is 6.17. The van der Waals surface area contributed by atoms with Crippen molar-refractivity contribution in [2.45, 2.75) is 12.8 Å². The number of carbonyl (C=O) groups excluding carboxylic acids is 2. The minimum Gasteiger partial charge on any atom is -0.469 e. The van der Waals surface area contributed by atoms with Crippen LogP contribution in [0.4, 0.5) is 0 Å². The van der Waals surface area contributed by atoms with Crippen LogP contribution in [-0.4, -0.2) is 42.0 Å². The first-order valence-electron chi connectivity index (χ1n) is 6.17. The summed E-state index contributed by atoms with van der Waals surface area (Å²) in [5.41, 5.74) is 0.0293. The molecule has 0 unspecified atom stereocenters. The van der Waals surface area contributed by atoms with Gasteiger partial charge in [0.25, 0.3) is 5.91 Å². The summed E-state index contributed by atoms with van der Waals surface area (Å²) in [5.74, 6) is -0.784. The number of methoxy groups -OCH3 is 1. The van der Waals surface area contributed by atoms with Crippen LogP contribution in [0.2, 0.25) is 0 Å². The summed E-state index contributed by atoms with van der Waals surface area (Å²) in [6.07, 6.45) is 2.93. The first kappa shape index (κ1) is 13.3. The number of hydrogen-bond acceptors (Lipinski definition) is 4. The molecule has 1 atom stereocenters. The summed E-state index contributed by atoms with van der Waals surface area (Å²) in [6.45, 7) is 0.942. The number of carbonyl (C=O) groups is 2. The average Bonchev–Trinajstić information content (AvgIpc) is 2.45. The van der Waals surface area contributed by atoms with Gasteiger partial charge in [-0.1, -0.05) is 0 Å². The fourth-order valence-electron chi connectivity index (χ4n) is 2.28. The van der Waals surface area contributed by atoms with Crippen molar-refractivity contribution >= 4 is 11.9 Å². The van der Waals surface area contributed by atoms with Crippen LogP contribution in [0.3, 0.4) is 0 Å². The van der Waals surface area contributed by atoms with Crippen LogP contribution in [0.1, 0.15) is 23.2 Å². The third kappa shape index (κ3) is 3.01. The SMILES string of the molecule is COC(=O)[C@H]1CCCN(C(=O)c2cc[nH]c(=O)c2)C1. The van der Waals surface area contributed by atoms with E-state index in [0.29, 0.717) is 18.7 Å². The highest BCUT2D eigenvalue weighted by atomic mass is 16.5. The molecule has 1 fully saturated rings. The fraction of sp³-hybridized carbons (Fsp3) is 0.462. The number of ether oxygens (including phenoxy) is 1. The summed E-state index contributed by atoms with van der Waals surface area (Å²) in [4.78, 5) is 39.0. The van der Waals surface area contributed by atoms with E-state index in [0.717, 1.165) is 12.8 Å². The summed E-state index contributed by atoms with van der Waals surface area (Å²) >= 11 is 0. The molecule has 1 aromatic rings. The van der Waals surface area contributed by atoms with E-state index in [4.69, 9.17) is 4.74 Å². The van der Waals surface area contributed by atoms with E-state index < -0.39 is 0 Å². The summed E-state index contributed by atoms with van der Waals surface area (Å²) in [6, 6.07) is 2.83. The van der Waals surface area contributed by atoms with Gasteiger partial charge in [0.05, 0.1) is 13.0 Å². The molecule has 6 nitrogen and oxygen atoms in total. The zero-order chi connectivity index (χ0) is 13.8. The monoisotopic (exact) mass is 264 g/mol. The van der Waals surface area contributed by atoms with Gasteiger partial charge in [-0.05, 0) is 18.9 Å². The quantitative estimate of drug-likeness (QED) is 0.784. The number of aromatic amines is 1. The van der Waals surface area contributed by atoms with Crippen molar-refractivity contribution in [1.82, 2.24) is 9.88 Å². The summed E-state index contributed by atoms with van der Waals surface area (Å²) in [7, 11) is 1.35. The van der Waals surface area contributed by atoms with E-state index in [1.54, 1.807) is 11.0 Å². The minimum absolute atomic E-state index is 0.222. The second-order valence-corrected chi connectivity index (χ2v) is 4.56. The summed E-state index contributed by atoms with van der Waals surface area (Å²) in [5, 5.41) is 0. The Balaban J connectivity index is 2.11. The highest BCUT2D eigenvalue weighted by Crippen LogP contribution is 2.19. The van der Waals surface area contributed by atoms with E-state index in [9.17, 15) is 14.4 Å². The Morgan fingerprint density at radius 2 is 2.26 bits per heavy atom. The number of esters is 1. The number of piperidine rings is 1. The number of rotatable bonds is 2. The molecular formula is C13H16N2O4. The Kier molecular flexibility index (Phi) is 3.99. The molecule has 1 amide bonds. The van der Waals surface area contributed by atoms with Gasteiger partial charge in [-0.25, -0.2) is 0 Å². The van der Waals surface area contributed by atoms with E-state index >= 15 is 0 Å². The molecule has 0 aromatic carbocycles. The van der Waals surface area contributed by atoms with Crippen molar-refractivity contribution in [3.05, 3.63) is 34.2 Å². The Morgan fingerprint density at radius 3 is 2.95 bits per heavy atom. The smallest absolute Gasteiger partial charge is 0.310 e. The Hall–Kier alpha value is -2.11. The fourth-order valence-corrected chi connectivity index (χ4v) is 2.28. The van der Waals surface area contributed by atoms with Crippen LogP contribution in [0.25, 0.3) is 0 Å². The van der Waals surface area contributed by atoms with E-state index in [-0.39, 0.29) is 23.4 Å². The largest absolute Gasteiger partial charge is 0.469 e. The topological polar surface area (TPSA) is 79.5 Å². The Bertz CT molecular complexity index is 537. The number of nitrogens with one attached hydrogen (secondary N) is 1. The molecule has 0 aliphatic carbocycles. The molecule has 1 N–H and O–H groups in total. The van der Waals surface area contributed by atoms with E-state index in [1.165, 1.54) is 19.4 Å². The normalized spacial score (nSPS) is 19.0. The Morgan fingerprint density at radius 1 is 1.47 bits per heavy atom. The number of amides is 1. The van der Waals surface area contributed by atoms with Crippen LogP contribution in [0, 0.1) is 5.92 Å². The molecule has 0 radical (unpaired) electrons. The van der Waals surface area contributed by atoms with Crippen molar-refractivity contribution in [2.75, 3.05) is 20.2 Å². The maximum absolute atomic E-state index is 12.2. The van der Waals surface area contributed by atoms with Crippen molar-refractivity contribution in [1.29, 1.82) is 0 Å². The van der Waals surface area contributed by atoms with Crippen LogP contribution in [0.15, 0.2) is 23.1 Å². The Labute approximate surface area is 110 Å². The molecule has 19 heavy (non-hydrogen) atoms. The van der Waals surface area contributed by atoms with Gasteiger partial charge in [0.2, 0.25) is 5.56 Å². The van der Waals surface area contributed by atoms with Gasteiger partial charge in [0, 0.05) is 30.9 Å². The third-order valence-electron chi connectivity index (χ3n) is 3.27. The lowest BCUT2D eigenvalue weighted by Gasteiger charge is -2.31. The second kappa shape index (κ2) is 5.69. The van der Waals surface area contributed by atoms with Gasteiger partial charge in [-0.3, -0.25) is 14.4 Å². The van der Waals surface area contributed by atoms with Gasteiger partial charge in [-0.2, -0.15) is 0 Å². The highest BCUT2D eigenvalue weighted by molar-refractivity contribution is 5.94. The molecular weight excluding hydrogens is 248 g/mol. The second-order valence-electron chi connectivity index (χ2n) is 4.56. The van der Waals surface area contributed by atoms with Crippen LogP contribution < -0.4 is 5.56 Å². The molecule has 0 spiro atoms. The highest BCUT2D eigenvalue weighted by Gasteiger charge is 2.29. The zero-order valence-corrected chi connectivity index (χ0v) is 10.7. The summed E-state index contributed by atoms with van der Waals surface area (Å²) < 4.78 is 4.71. The lowest BCUT2D eigenvalue weighted by molar-refractivity contribution is -0.146. The lowest BCUT2D eigenvalue weighted by atomic mass is 9.97. The van der Waals surface area contributed by atoms with Gasteiger partial charge < -0.3 is 14.6 Å². The van der Waals surface area contributed by atoms with Crippen molar-refractivity contribution in [3.8, 4) is 0 Å². The van der Waals surface area contributed by atoms with Crippen LogP contribution in [0.5, 0.6) is 0 Å². The minimum atomic E-state index is -0.313. The zero-order valence-electron chi connectivity index (χ0n) is 10.7.